The third-order valence-corrected chi connectivity index (χ3v) is 3.30. The van der Waals surface area contributed by atoms with Crippen molar-refractivity contribution in [2.24, 2.45) is 0 Å². The zero-order chi connectivity index (χ0) is 19.5. The van der Waals surface area contributed by atoms with E-state index in [0.29, 0.717) is 18.2 Å². The molecule has 136 valence electrons. The van der Waals surface area contributed by atoms with E-state index < -0.39 is 35.4 Å². The van der Waals surface area contributed by atoms with Crippen LogP contribution in [0, 0.1) is 11.3 Å². The maximum absolute atomic E-state index is 12.8. The molecule has 0 N–H and O–H groups in total. The molecule has 26 heavy (non-hydrogen) atoms. The van der Waals surface area contributed by atoms with E-state index in [-0.39, 0.29) is 11.3 Å². The zero-order valence-corrected chi connectivity index (χ0v) is 12.7. The van der Waals surface area contributed by atoms with Gasteiger partial charge in [0, 0.05) is 5.56 Å². The third-order valence-electron chi connectivity index (χ3n) is 3.30. The summed E-state index contributed by atoms with van der Waals surface area (Å²) in [5, 5.41) is 8.77. The minimum Gasteiger partial charge on any atom is -0.477 e. The predicted molar refractivity (Wildman–Crippen MR) is 76.9 cm³/mol. The Hall–Kier alpha value is -3.02. The average molecular weight is 373 g/mol. The fourth-order valence-electron chi connectivity index (χ4n) is 2.07. The molecule has 2 aromatic carbocycles. The van der Waals surface area contributed by atoms with E-state index >= 15 is 0 Å². The molecule has 2 aromatic rings. The monoisotopic (exact) mass is 373 g/mol. The van der Waals surface area contributed by atoms with E-state index in [4.69, 9.17) is 10.00 Å². The fourth-order valence-corrected chi connectivity index (χ4v) is 2.07. The number of benzene rings is 2. The summed E-state index contributed by atoms with van der Waals surface area (Å²) < 4.78 is 81.2. The van der Waals surface area contributed by atoms with Crippen molar-refractivity contribution in [3.05, 3.63) is 65.2 Å². The van der Waals surface area contributed by atoms with Crippen LogP contribution in [0.3, 0.4) is 0 Å². The highest BCUT2D eigenvalue weighted by molar-refractivity contribution is 5.97. The van der Waals surface area contributed by atoms with E-state index in [0.717, 1.165) is 30.3 Å². The Bertz CT molecular complexity index is 834. The summed E-state index contributed by atoms with van der Waals surface area (Å²) in [5.74, 6) is -1.40. The van der Waals surface area contributed by atoms with Gasteiger partial charge in [0.15, 0.2) is 6.10 Å². The molecule has 0 saturated carbocycles. The number of rotatable bonds is 4. The average Bonchev–Trinajstić information content (AvgIpc) is 2.58. The van der Waals surface area contributed by atoms with Crippen molar-refractivity contribution in [3.8, 4) is 11.8 Å². The lowest BCUT2D eigenvalue weighted by Gasteiger charge is -2.17. The Balaban J connectivity index is 2.35. The van der Waals surface area contributed by atoms with E-state index in [9.17, 15) is 31.1 Å². The molecule has 0 heterocycles. The molecule has 3 nitrogen and oxygen atoms in total. The maximum atomic E-state index is 12.8. The van der Waals surface area contributed by atoms with E-state index in [1.165, 1.54) is 6.07 Å². The summed E-state index contributed by atoms with van der Waals surface area (Å²) in [4.78, 5) is 11.8. The van der Waals surface area contributed by atoms with Gasteiger partial charge in [-0.2, -0.15) is 31.6 Å². The Kier molecular flexibility index (Phi) is 5.25. The van der Waals surface area contributed by atoms with Gasteiger partial charge in [-0.15, -0.1) is 0 Å². The van der Waals surface area contributed by atoms with Gasteiger partial charge in [-0.1, -0.05) is 12.1 Å². The van der Waals surface area contributed by atoms with Crippen LogP contribution in [-0.2, 0) is 17.1 Å². The summed E-state index contributed by atoms with van der Waals surface area (Å²) in [6, 6.07) is 8.06. The highest BCUT2D eigenvalue weighted by atomic mass is 19.4. The number of hydrogen-bond donors (Lipinski definition) is 0. The van der Waals surface area contributed by atoms with Crippen LogP contribution in [0.5, 0.6) is 5.75 Å². The molecule has 1 atom stereocenters. The SMILES string of the molecule is N#CC(=O)C(Oc1ccc(C(F)(F)F)cc1)c1cccc(C(F)(F)F)c1. The van der Waals surface area contributed by atoms with Crippen molar-refractivity contribution in [3.63, 3.8) is 0 Å². The molecule has 0 fully saturated rings. The second-order valence-corrected chi connectivity index (χ2v) is 5.12. The molecule has 0 amide bonds. The summed E-state index contributed by atoms with van der Waals surface area (Å²) in [6.07, 6.45) is -11.0. The van der Waals surface area contributed by atoms with Crippen LogP contribution in [0.2, 0.25) is 0 Å². The molecule has 2 rings (SSSR count). The Morgan fingerprint density at radius 2 is 1.50 bits per heavy atom. The number of ether oxygens (including phenoxy) is 1. The molecular formula is C17H9F6NO2. The Labute approximate surface area is 143 Å². The number of carbonyl (C=O) groups is 1. The molecule has 0 radical (unpaired) electrons. The van der Waals surface area contributed by atoms with Crippen LogP contribution in [-0.4, -0.2) is 5.78 Å². The standard InChI is InChI=1S/C17H9F6NO2/c18-16(19,20)11-4-6-13(7-5-11)26-15(14(25)9-24)10-2-1-3-12(8-10)17(21,22)23/h1-8,15H. The van der Waals surface area contributed by atoms with Gasteiger partial charge in [0.1, 0.15) is 11.8 Å². The van der Waals surface area contributed by atoms with Crippen molar-refractivity contribution >= 4 is 5.78 Å². The van der Waals surface area contributed by atoms with E-state index in [2.05, 4.69) is 0 Å². The van der Waals surface area contributed by atoms with Crippen LogP contribution in [0.25, 0.3) is 0 Å². The van der Waals surface area contributed by atoms with Gasteiger partial charge in [-0.25, -0.2) is 0 Å². The molecule has 0 aromatic heterocycles. The highest BCUT2D eigenvalue weighted by Crippen LogP contribution is 2.33. The molecule has 0 saturated heterocycles. The topological polar surface area (TPSA) is 50.1 Å². The smallest absolute Gasteiger partial charge is 0.416 e. The van der Waals surface area contributed by atoms with Gasteiger partial charge in [0.05, 0.1) is 11.1 Å². The molecule has 0 spiro atoms. The number of halogens is 6. The first-order chi connectivity index (χ1) is 12.0. The molecule has 0 aliphatic carbocycles. The van der Waals surface area contributed by atoms with Gasteiger partial charge in [-0.3, -0.25) is 4.79 Å². The molecule has 9 heteroatoms. The van der Waals surface area contributed by atoms with Gasteiger partial charge >= 0.3 is 12.4 Å². The Morgan fingerprint density at radius 1 is 0.923 bits per heavy atom. The third kappa shape index (κ3) is 4.53. The summed E-state index contributed by atoms with van der Waals surface area (Å²) >= 11 is 0. The number of ketones is 1. The van der Waals surface area contributed by atoms with Crippen LogP contribution in [0.15, 0.2) is 48.5 Å². The van der Waals surface area contributed by atoms with Crippen molar-refractivity contribution in [2.45, 2.75) is 18.5 Å². The lowest BCUT2D eigenvalue weighted by Crippen LogP contribution is -2.18. The van der Waals surface area contributed by atoms with Crippen LogP contribution in [0.1, 0.15) is 22.8 Å². The first-order valence-electron chi connectivity index (χ1n) is 6.97. The van der Waals surface area contributed by atoms with Crippen molar-refractivity contribution in [1.29, 1.82) is 5.26 Å². The zero-order valence-electron chi connectivity index (χ0n) is 12.7. The second kappa shape index (κ2) is 7.07. The fraction of sp³-hybridized carbons (Fsp3) is 0.176. The van der Waals surface area contributed by atoms with Gasteiger partial charge in [0.2, 0.25) is 0 Å². The van der Waals surface area contributed by atoms with Crippen molar-refractivity contribution in [1.82, 2.24) is 0 Å². The first-order valence-corrected chi connectivity index (χ1v) is 6.97. The highest BCUT2D eigenvalue weighted by Gasteiger charge is 2.33. The minimum atomic E-state index is -4.68. The van der Waals surface area contributed by atoms with Crippen molar-refractivity contribution in [2.75, 3.05) is 0 Å². The maximum Gasteiger partial charge on any atom is 0.416 e. The number of nitriles is 1. The number of Topliss-reactive ketones (excluding diaryl/α,β-unsaturated/α-hetero) is 1. The molecule has 0 bridgehead atoms. The van der Waals surface area contributed by atoms with Crippen LogP contribution in [0.4, 0.5) is 26.3 Å². The second-order valence-electron chi connectivity index (χ2n) is 5.12. The molecule has 0 aliphatic heterocycles. The predicted octanol–water partition coefficient (Wildman–Crippen LogP) is 4.94. The minimum absolute atomic E-state index is 0.205. The van der Waals surface area contributed by atoms with E-state index in [1.54, 1.807) is 0 Å². The van der Waals surface area contributed by atoms with Crippen LogP contribution < -0.4 is 4.74 Å². The van der Waals surface area contributed by atoms with Crippen molar-refractivity contribution < 1.29 is 35.9 Å². The summed E-state index contributed by atoms with van der Waals surface area (Å²) in [6.45, 7) is 0. The largest absolute Gasteiger partial charge is 0.477 e. The normalized spacial score (nSPS) is 13.0. The van der Waals surface area contributed by atoms with Gasteiger partial charge in [0.25, 0.3) is 5.78 Å². The van der Waals surface area contributed by atoms with E-state index in [1.807, 2.05) is 0 Å². The lowest BCUT2D eigenvalue weighted by molar-refractivity contribution is -0.138. The van der Waals surface area contributed by atoms with Gasteiger partial charge < -0.3 is 4.74 Å². The molecule has 0 aliphatic rings. The number of carbonyl (C=O) groups excluding carboxylic acids is 1. The quantitative estimate of drug-likeness (QED) is 0.564. The molecule has 1 unspecified atom stereocenters. The molecular weight excluding hydrogens is 364 g/mol. The number of hydrogen-bond acceptors (Lipinski definition) is 3. The Morgan fingerprint density at radius 3 is 2.00 bits per heavy atom. The first kappa shape index (κ1) is 19.3. The number of nitrogens with zero attached hydrogens (tertiary/aromatic N) is 1. The lowest BCUT2D eigenvalue weighted by atomic mass is 10.0. The van der Waals surface area contributed by atoms with Gasteiger partial charge in [-0.05, 0) is 36.4 Å². The summed E-state index contributed by atoms with van der Waals surface area (Å²) in [5.41, 5.74) is -2.26. The van der Waals surface area contributed by atoms with Crippen LogP contribution >= 0.6 is 0 Å². The number of alkyl halides is 6. The summed E-state index contributed by atoms with van der Waals surface area (Å²) in [7, 11) is 0.